The largest absolute Gasteiger partial charge is 0.444 e. The molecule has 0 aliphatic carbocycles. The molecule has 0 saturated carbocycles. The molecule has 0 spiro atoms. The van der Waals surface area contributed by atoms with E-state index >= 15 is 0 Å². The Labute approximate surface area is 172 Å². The molecule has 152 valence electrons. The molecule has 0 N–H and O–H groups in total. The topological polar surface area (TPSA) is 90.9 Å². The molecule has 29 heavy (non-hydrogen) atoms. The highest BCUT2D eigenvalue weighted by molar-refractivity contribution is 7.98. The minimum absolute atomic E-state index is 0.104. The third-order valence-corrected chi connectivity index (χ3v) is 7.40. The van der Waals surface area contributed by atoms with E-state index in [-0.39, 0.29) is 23.2 Å². The van der Waals surface area contributed by atoms with Crippen molar-refractivity contribution in [3.05, 3.63) is 60.5 Å². The Kier molecular flexibility index (Phi) is 5.55. The van der Waals surface area contributed by atoms with Crippen LogP contribution in [0.15, 0.2) is 52.8 Å². The van der Waals surface area contributed by atoms with E-state index in [0.717, 1.165) is 0 Å². The second-order valence-electron chi connectivity index (χ2n) is 6.78. The van der Waals surface area contributed by atoms with Gasteiger partial charge in [0.2, 0.25) is 5.89 Å². The lowest BCUT2D eigenvalue weighted by molar-refractivity contribution is 0.571. The van der Waals surface area contributed by atoms with Crippen LogP contribution in [0.1, 0.15) is 23.9 Å². The highest BCUT2D eigenvalue weighted by Crippen LogP contribution is 2.31. The zero-order chi connectivity index (χ0) is 20.4. The highest BCUT2D eigenvalue weighted by Gasteiger charge is 2.33. The molecular weight excluding hydrogens is 415 g/mol. The van der Waals surface area contributed by atoms with E-state index in [1.165, 1.54) is 30.2 Å². The summed E-state index contributed by atoms with van der Waals surface area (Å²) < 4.78 is 44.4. The molecule has 0 amide bonds. The summed E-state index contributed by atoms with van der Waals surface area (Å²) in [6, 6.07) is 6.06. The summed E-state index contributed by atoms with van der Waals surface area (Å²) in [5.41, 5.74) is 1.26. The monoisotopic (exact) mass is 434 g/mol. The fourth-order valence-electron chi connectivity index (χ4n) is 3.27. The summed E-state index contributed by atoms with van der Waals surface area (Å²) in [5.74, 6) is 1.30. The Balaban J connectivity index is 1.49. The molecule has 0 unspecified atom stereocenters. The van der Waals surface area contributed by atoms with Crippen molar-refractivity contribution in [2.24, 2.45) is 0 Å². The van der Waals surface area contributed by atoms with Crippen LogP contribution in [0.5, 0.6) is 0 Å². The lowest BCUT2D eigenvalue weighted by Gasteiger charge is -2.10. The molecule has 3 heterocycles. The summed E-state index contributed by atoms with van der Waals surface area (Å²) in [6.07, 6.45) is 3.83. The van der Waals surface area contributed by atoms with Crippen LogP contribution in [-0.2, 0) is 22.1 Å². The average Bonchev–Trinajstić information content (AvgIpc) is 3.39. The Morgan fingerprint density at radius 2 is 2.24 bits per heavy atom. The zero-order valence-electron chi connectivity index (χ0n) is 15.5. The summed E-state index contributed by atoms with van der Waals surface area (Å²) >= 11 is 1.43. The van der Waals surface area contributed by atoms with Gasteiger partial charge in [0.05, 0.1) is 17.2 Å². The number of rotatable bonds is 7. The van der Waals surface area contributed by atoms with Crippen LogP contribution in [0.25, 0.3) is 11.5 Å². The molecule has 0 bridgehead atoms. The molecule has 2 aromatic heterocycles. The summed E-state index contributed by atoms with van der Waals surface area (Å²) in [7, 11) is -3.01. The average molecular weight is 435 g/mol. The number of oxazole rings is 1. The Morgan fingerprint density at radius 3 is 2.97 bits per heavy atom. The van der Waals surface area contributed by atoms with E-state index in [0.29, 0.717) is 46.8 Å². The first-order valence-electron chi connectivity index (χ1n) is 9.03. The van der Waals surface area contributed by atoms with E-state index in [2.05, 4.69) is 21.8 Å². The Hall–Kier alpha value is -2.46. The maximum absolute atomic E-state index is 13.4. The minimum atomic E-state index is -3.01. The number of halogens is 1. The normalized spacial score (nSPS) is 18.2. The highest BCUT2D eigenvalue weighted by atomic mass is 32.2. The van der Waals surface area contributed by atoms with Crippen molar-refractivity contribution < 1.29 is 17.2 Å². The number of nitrogens with zero attached hydrogens (tertiary/aromatic N) is 4. The molecule has 1 atom stereocenters. The number of benzene rings is 1. The van der Waals surface area contributed by atoms with Crippen LogP contribution >= 0.6 is 11.8 Å². The van der Waals surface area contributed by atoms with Gasteiger partial charge in [0.25, 0.3) is 0 Å². The number of thioether (sulfide) groups is 1. The predicted molar refractivity (Wildman–Crippen MR) is 108 cm³/mol. The van der Waals surface area contributed by atoms with Crippen LogP contribution in [0.3, 0.4) is 0 Å². The van der Waals surface area contributed by atoms with Gasteiger partial charge < -0.3 is 8.98 Å². The number of allylic oxidation sites excluding steroid dienone is 1. The van der Waals surface area contributed by atoms with Gasteiger partial charge in [-0.15, -0.1) is 16.8 Å². The fourth-order valence-corrected chi connectivity index (χ4v) is 5.85. The maximum Gasteiger partial charge on any atom is 0.226 e. The van der Waals surface area contributed by atoms with Gasteiger partial charge in [-0.1, -0.05) is 23.9 Å². The summed E-state index contributed by atoms with van der Waals surface area (Å²) in [5, 5.41) is 9.16. The number of sulfone groups is 1. The molecule has 1 aliphatic rings. The standard InChI is InChI=1S/C19H19FN4O3S2/c1-2-7-24-17(14-6-8-29(25,26)12-14)22-23-19(24)28-11-16-10-27-18(21-16)13-4-3-5-15(20)9-13/h2-5,9-10,14H,1,6-8,11-12H2/t14-/m0/s1. The van der Waals surface area contributed by atoms with Gasteiger partial charge in [0.15, 0.2) is 15.0 Å². The number of hydrogen-bond donors (Lipinski definition) is 0. The smallest absolute Gasteiger partial charge is 0.226 e. The summed E-state index contributed by atoms with van der Waals surface area (Å²) in [4.78, 5) is 4.40. The van der Waals surface area contributed by atoms with Crippen LogP contribution in [-0.4, -0.2) is 39.7 Å². The third kappa shape index (κ3) is 4.43. The second kappa shape index (κ2) is 8.11. The molecule has 10 heteroatoms. The molecule has 4 rings (SSSR count). The fraction of sp³-hybridized carbons (Fsp3) is 0.316. The van der Waals surface area contributed by atoms with Crippen LogP contribution in [0.2, 0.25) is 0 Å². The first kappa shape index (κ1) is 19.8. The van der Waals surface area contributed by atoms with Crippen molar-refractivity contribution in [3.8, 4) is 11.5 Å². The van der Waals surface area contributed by atoms with Gasteiger partial charge >= 0.3 is 0 Å². The quantitative estimate of drug-likeness (QED) is 0.415. The van der Waals surface area contributed by atoms with Gasteiger partial charge in [-0.05, 0) is 24.6 Å². The summed E-state index contributed by atoms with van der Waals surface area (Å²) in [6.45, 7) is 4.27. The van der Waals surface area contributed by atoms with E-state index in [1.54, 1.807) is 18.2 Å². The maximum atomic E-state index is 13.4. The van der Waals surface area contributed by atoms with Crippen LogP contribution in [0, 0.1) is 5.82 Å². The lowest BCUT2D eigenvalue weighted by Crippen LogP contribution is -2.11. The van der Waals surface area contributed by atoms with Crippen molar-refractivity contribution in [3.63, 3.8) is 0 Å². The van der Waals surface area contributed by atoms with Crippen molar-refractivity contribution in [2.75, 3.05) is 11.5 Å². The van der Waals surface area contributed by atoms with Crippen molar-refractivity contribution in [1.82, 2.24) is 19.7 Å². The molecule has 1 fully saturated rings. The van der Waals surface area contributed by atoms with E-state index in [9.17, 15) is 12.8 Å². The van der Waals surface area contributed by atoms with Crippen molar-refractivity contribution in [1.29, 1.82) is 0 Å². The Morgan fingerprint density at radius 1 is 1.38 bits per heavy atom. The SMILES string of the molecule is C=CCn1c(SCc2coc(-c3cccc(F)c3)n2)nnc1[C@H]1CCS(=O)(=O)C1. The molecule has 3 aromatic rings. The third-order valence-electron chi connectivity index (χ3n) is 4.63. The van der Waals surface area contributed by atoms with Gasteiger partial charge in [0, 0.05) is 23.8 Å². The lowest BCUT2D eigenvalue weighted by atomic mass is 10.1. The predicted octanol–water partition coefficient (Wildman–Crippen LogP) is 3.45. The Bertz CT molecular complexity index is 1140. The minimum Gasteiger partial charge on any atom is -0.444 e. The van der Waals surface area contributed by atoms with E-state index in [1.807, 2.05) is 4.57 Å². The van der Waals surface area contributed by atoms with E-state index in [4.69, 9.17) is 4.42 Å². The van der Waals surface area contributed by atoms with Gasteiger partial charge in [-0.2, -0.15) is 0 Å². The molecule has 1 aromatic carbocycles. The second-order valence-corrected chi connectivity index (χ2v) is 9.95. The number of aromatic nitrogens is 4. The van der Waals surface area contributed by atoms with Crippen molar-refractivity contribution in [2.45, 2.75) is 29.8 Å². The first-order valence-corrected chi connectivity index (χ1v) is 11.8. The first-order chi connectivity index (χ1) is 13.9. The molecule has 7 nitrogen and oxygen atoms in total. The number of hydrogen-bond acceptors (Lipinski definition) is 7. The van der Waals surface area contributed by atoms with Crippen LogP contribution in [0.4, 0.5) is 4.39 Å². The van der Waals surface area contributed by atoms with Crippen LogP contribution < -0.4 is 0 Å². The van der Waals surface area contributed by atoms with E-state index < -0.39 is 9.84 Å². The van der Waals surface area contributed by atoms with Crippen molar-refractivity contribution >= 4 is 21.6 Å². The van der Waals surface area contributed by atoms with Gasteiger partial charge in [-0.3, -0.25) is 0 Å². The molecule has 1 saturated heterocycles. The van der Waals surface area contributed by atoms with Gasteiger partial charge in [-0.25, -0.2) is 17.8 Å². The molecule has 0 radical (unpaired) electrons. The molecule has 1 aliphatic heterocycles. The molecular formula is C19H19FN4O3S2. The van der Waals surface area contributed by atoms with Gasteiger partial charge in [0.1, 0.15) is 17.9 Å². The zero-order valence-corrected chi connectivity index (χ0v) is 17.1.